The molecule has 6 nitrogen and oxygen atoms in total. The van der Waals surface area contributed by atoms with Crippen LogP contribution in [0.4, 0.5) is 0 Å². The Hall–Kier alpha value is -2.28. The molecule has 1 N–H and O–H groups in total. The average Bonchev–Trinajstić information content (AvgIpc) is 2.80. The fourth-order valence-electron chi connectivity index (χ4n) is 1.93. The maximum Gasteiger partial charge on any atom is 0.284 e. The van der Waals surface area contributed by atoms with Crippen LogP contribution >= 0.6 is 12.2 Å². The van der Waals surface area contributed by atoms with Crippen LogP contribution in [-0.2, 0) is 6.54 Å². The van der Waals surface area contributed by atoms with E-state index in [9.17, 15) is 4.79 Å². The van der Waals surface area contributed by atoms with Gasteiger partial charge in [0, 0.05) is 0 Å². The third-order valence-electron chi connectivity index (χ3n) is 2.83. The number of aryl methyl sites for hydroxylation is 1. The molecule has 7 heteroatoms. The van der Waals surface area contributed by atoms with Gasteiger partial charge in [-0.3, -0.25) is 9.36 Å². The highest BCUT2D eigenvalue weighted by Crippen LogP contribution is 2.08. The SMILES string of the molecule is Cc1nc2ccccc2c(=O)n1Cc1n[nH]c(=S)o1. The fourth-order valence-corrected chi connectivity index (χ4v) is 2.07. The lowest BCUT2D eigenvalue weighted by Crippen LogP contribution is -2.24. The van der Waals surface area contributed by atoms with E-state index in [0.717, 1.165) is 0 Å². The molecule has 1 aromatic carbocycles. The zero-order chi connectivity index (χ0) is 13.4. The van der Waals surface area contributed by atoms with Crippen molar-refractivity contribution in [3.8, 4) is 0 Å². The highest BCUT2D eigenvalue weighted by Gasteiger charge is 2.10. The van der Waals surface area contributed by atoms with E-state index in [1.54, 1.807) is 13.0 Å². The van der Waals surface area contributed by atoms with E-state index in [1.165, 1.54) is 4.57 Å². The Morgan fingerprint density at radius 1 is 1.42 bits per heavy atom. The molecule has 0 fully saturated rings. The van der Waals surface area contributed by atoms with Crippen molar-refractivity contribution in [2.45, 2.75) is 13.5 Å². The summed E-state index contributed by atoms with van der Waals surface area (Å²) in [4.78, 5) is 17.0. The molecule has 0 atom stereocenters. The Labute approximate surface area is 112 Å². The van der Waals surface area contributed by atoms with Crippen molar-refractivity contribution in [3.05, 3.63) is 51.2 Å². The van der Waals surface area contributed by atoms with Crippen LogP contribution in [0.25, 0.3) is 10.9 Å². The summed E-state index contributed by atoms with van der Waals surface area (Å²) in [6.07, 6.45) is 0. The molecule has 2 heterocycles. The molecule has 96 valence electrons. The number of para-hydroxylation sites is 1. The molecule has 0 saturated carbocycles. The number of hydrogen-bond acceptors (Lipinski definition) is 5. The molecule has 0 saturated heterocycles. The number of rotatable bonds is 2. The van der Waals surface area contributed by atoms with E-state index in [-0.39, 0.29) is 16.9 Å². The van der Waals surface area contributed by atoms with Crippen LogP contribution in [0, 0.1) is 11.8 Å². The molecule has 0 aliphatic rings. The van der Waals surface area contributed by atoms with Gasteiger partial charge in [0.15, 0.2) is 0 Å². The normalized spacial score (nSPS) is 11.0. The number of nitrogens with zero attached hydrogens (tertiary/aromatic N) is 3. The quantitative estimate of drug-likeness (QED) is 0.721. The van der Waals surface area contributed by atoms with Crippen LogP contribution in [0.2, 0.25) is 0 Å². The summed E-state index contributed by atoms with van der Waals surface area (Å²) in [5.74, 6) is 0.958. The van der Waals surface area contributed by atoms with E-state index in [1.807, 2.05) is 18.2 Å². The Morgan fingerprint density at radius 3 is 2.95 bits per heavy atom. The van der Waals surface area contributed by atoms with Gasteiger partial charge in [-0.1, -0.05) is 12.1 Å². The first kappa shape index (κ1) is 11.8. The zero-order valence-electron chi connectivity index (χ0n) is 10.1. The lowest BCUT2D eigenvalue weighted by atomic mass is 10.2. The molecule has 0 aliphatic carbocycles. The van der Waals surface area contributed by atoms with Crippen molar-refractivity contribution in [2.75, 3.05) is 0 Å². The van der Waals surface area contributed by atoms with Crippen molar-refractivity contribution >= 4 is 23.1 Å². The van der Waals surface area contributed by atoms with Crippen molar-refractivity contribution in [3.63, 3.8) is 0 Å². The van der Waals surface area contributed by atoms with Crippen LogP contribution in [0.1, 0.15) is 11.7 Å². The number of benzene rings is 1. The van der Waals surface area contributed by atoms with E-state index in [4.69, 9.17) is 16.6 Å². The summed E-state index contributed by atoms with van der Waals surface area (Å²) < 4.78 is 6.68. The van der Waals surface area contributed by atoms with Crippen molar-refractivity contribution in [2.24, 2.45) is 0 Å². The molecular formula is C12H10N4O2S. The highest BCUT2D eigenvalue weighted by atomic mass is 32.1. The second-order valence-electron chi connectivity index (χ2n) is 4.07. The first-order valence-electron chi connectivity index (χ1n) is 5.66. The molecule has 0 spiro atoms. The summed E-state index contributed by atoms with van der Waals surface area (Å²) in [6, 6.07) is 7.23. The summed E-state index contributed by atoms with van der Waals surface area (Å²) in [6.45, 7) is 1.98. The second kappa shape index (κ2) is 4.43. The molecule has 19 heavy (non-hydrogen) atoms. The first-order valence-corrected chi connectivity index (χ1v) is 6.06. The maximum absolute atomic E-state index is 12.4. The van der Waals surface area contributed by atoms with Gasteiger partial charge >= 0.3 is 0 Å². The first-order chi connectivity index (χ1) is 9.15. The summed E-state index contributed by atoms with van der Waals surface area (Å²) in [7, 11) is 0. The molecule has 0 amide bonds. The van der Waals surface area contributed by atoms with E-state index in [0.29, 0.717) is 22.6 Å². The van der Waals surface area contributed by atoms with Gasteiger partial charge in [0.2, 0.25) is 5.89 Å². The molecule has 0 bridgehead atoms. The third kappa shape index (κ3) is 2.08. The summed E-state index contributed by atoms with van der Waals surface area (Å²) in [5, 5.41) is 6.99. The van der Waals surface area contributed by atoms with Gasteiger partial charge in [0.05, 0.1) is 10.9 Å². The summed E-state index contributed by atoms with van der Waals surface area (Å²) in [5.41, 5.74) is 0.566. The van der Waals surface area contributed by atoms with Gasteiger partial charge in [-0.15, -0.1) is 5.10 Å². The van der Waals surface area contributed by atoms with Gasteiger partial charge in [-0.25, -0.2) is 10.1 Å². The van der Waals surface area contributed by atoms with Gasteiger partial charge in [0.25, 0.3) is 10.4 Å². The minimum absolute atomic E-state index is 0.118. The highest BCUT2D eigenvalue weighted by molar-refractivity contribution is 7.71. The Balaban J connectivity index is 2.18. The van der Waals surface area contributed by atoms with E-state index >= 15 is 0 Å². The standard InChI is InChI=1S/C12H10N4O2S/c1-7-13-9-5-3-2-4-8(9)11(17)16(7)6-10-14-15-12(19)18-10/h2-5H,6H2,1H3,(H,15,19). The van der Waals surface area contributed by atoms with Gasteiger partial charge in [-0.2, -0.15) is 0 Å². The van der Waals surface area contributed by atoms with Gasteiger partial charge in [0.1, 0.15) is 12.4 Å². The molecule has 2 aromatic heterocycles. The van der Waals surface area contributed by atoms with Crippen LogP contribution < -0.4 is 5.56 Å². The minimum atomic E-state index is -0.118. The molecule has 3 rings (SSSR count). The molecule has 0 aliphatic heterocycles. The topological polar surface area (TPSA) is 76.7 Å². The number of H-pyrrole nitrogens is 1. The minimum Gasteiger partial charge on any atom is -0.412 e. The Bertz CT molecular complexity index is 862. The zero-order valence-corrected chi connectivity index (χ0v) is 10.9. The van der Waals surface area contributed by atoms with Gasteiger partial charge < -0.3 is 4.42 Å². The van der Waals surface area contributed by atoms with E-state index < -0.39 is 0 Å². The molecule has 3 aromatic rings. The molecule has 0 radical (unpaired) electrons. The number of nitrogens with one attached hydrogen (secondary N) is 1. The van der Waals surface area contributed by atoms with Crippen molar-refractivity contribution in [1.82, 2.24) is 19.7 Å². The lowest BCUT2D eigenvalue weighted by Gasteiger charge is -2.08. The summed E-state index contributed by atoms with van der Waals surface area (Å²) >= 11 is 4.80. The average molecular weight is 274 g/mol. The third-order valence-corrected chi connectivity index (χ3v) is 3.00. The van der Waals surface area contributed by atoms with E-state index in [2.05, 4.69) is 15.2 Å². The van der Waals surface area contributed by atoms with Gasteiger partial charge in [-0.05, 0) is 31.3 Å². The lowest BCUT2D eigenvalue weighted by molar-refractivity contribution is 0.459. The van der Waals surface area contributed by atoms with Crippen molar-refractivity contribution in [1.29, 1.82) is 0 Å². The van der Waals surface area contributed by atoms with Crippen LogP contribution in [0.15, 0.2) is 33.5 Å². The monoisotopic (exact) mass is 274 g/mol. The Kier molecular flexibility index (Phi) is 2.75. The fraction of sp³-hybridized carbons (Fsp3) is 0.167. The number of aromatic nitrogens is 4. The smallest absolute Gasteiger partial charge is 0.284 e. The van der Waals surface area contributed by atoms with Crippen molar-refractivity contribution < 1.29 is 4.42 Å². The molecular weight excluding hydrogens is 264 g/mol. The number of hydrogen-bond donors (Lipinski definition) is 1. The largest absolute Gasteiger partial charge is 0.412 e. The number of aromatic amines is 1. The second-order valence-corrected chi connectivity index (χ2v) is 4.45. The molecule has 0 unspecified atom stereocenters. The predicted octanol–water partition coefficient (Wildman–Crippen LogP) is 1.80. The van der Waals surface area contributed by atoms with Crippen LogP contribution in [0.3, 0.4) is 0 Å². The van der Waals surface area contributed by atoms with Crippen LogP contribution in [-0.4, -0.2) is 19.7 Å². The predicted molar refractivity (Wildman–Crippen MR) is 71.5 cm³/mol. The Morgan fingerprint density at radius 2 is 2.21 bits per heavy atom. The van der Waals surface area contributed by atoms with Crippen LogP contribution in [0.5, 0.6) is 0 Å². The maximum atomic E-state index is 12.4. The number of fused-ring (bicyclic) bond motifs is 1.